The number of nitrogens with one attached hydrogen (secondary N) is 3. The number of anilines is 1. The van der Waals surface area contributed by atoms with Gasteiger partial charge in [0.25, 0.3) is 0 Å². The van der Waals surface area contributed by atoms with Gasteiger partial charge in [-0.15, -0.1) is 0 Å². The highest BCUT2D eigenvalue weighted by molar-refractivity contribution is 5.96. The summed E-state index contributed by atoms with van der Waals surface area (Å²) in [4.78, 5) is 26.3. The summed E-state index contributed by atoms with van der Waals surface area (Å²) in [6.07, 6.45) is 6.77. The molecule has 2 aromatic heterocycles. The summed E-state index contributed by atoms with van der Waals surface area (Å²) >= 11 is 0. The van der Waals surface area contributed by atoms with Crippen LogP contribution in [0.15, 0.2) is 48.9 Å². The zero-order valence-corrected chi connectivity index (χ0v) is 19.3. The fraction of sp³-hybridized carbons (Fsp3) is 0.400. The van der Waals surface area contributed by atoms with E-state index < -0.39 is 0 Å². The number of aromatic amines is 1. The van der Waals surface area contributed by atoms with Crippen molar-refractivity contribution in [3.05, 3.63) is 54.5 Å². The third-order valence-corrected chi connectivity index (χ3v) is 5.94. The number of H-pyrrole nitrogens is 1. The van der Waals surface area contributed by atoms with Crippen LogP contribution in [0.2, 0.25) is 0 Å². The number of rotatable bonds is 6. The highest BCUT2D eigenvalue weighted by Gasteiger charge is 2.29. The summed E-state index contributed by atoms with van der Waals surface area (Å²) in [7, 11) is 3.58. The monoisotopic (exact) mass is 432 g/mol. The van der Waals surface area contributed by atoms with Crippen molar-refractivity contribution in [2.24, 2.45) is 0 Å². The van der Waals surface area contributed by atoms with Crippen LogP contribution < -0.4 is 10.6 Å². The number of carbonyl (C=O) groups is 1. The summed E-state index contributed by atoms with van der Waals surface area (Å²) in [5.41, 5.74) is 5.10. The summed E-state index contributed by atoms with van der Waals surface area (Å²) < 4.78 is 0. The van der Waals surface area contributed by atoms with Gasteiger partial charge in [0.05, 0.1) is 5.69 Å². The highest BCUT2D eigenvalue weighted by atomic mass is 16.2. The van der Waals surface area contributed by atoms with Crippen molar-refractivity contribution < 1.29 is 4.79 Å². The van der Waals surface area contributed by atoms with E-state index in [4.69, 9.17) is 4.98 Å². The van der Waals surface area contributed by atoms with E-state index in [1.165, 1.54) is 0 Å². The van der Waals surface area contributed by atoms with E-state index in [0.29, 0.717) is 18.8 Å². The minimum absolute atomic E-state index is 0.00812. The van der Waals surface area contributed by atoms with Crippen molar-refractivity contribution in [3.63, 3.8) is 0 Å². The van der Waals surface area contributed by atoms with E-state index in [9.17, 15) is 4.79 Å². The number of aromatic nitrogens is 3. The van der Waals surface area contributed by atoms with Gasteiger partial charge in [0, 0.05) is 73.1 Å². The minimum Gasteiger partial charge on any atom is -0.384 e. The van der Waals surface area contributed by atoms with Crippen molar-refractivity contribution in [2.45, 2.75) is 51.1 Å². The zero-order valence-electron chi connectivity index (χ0n) is 19.3. The first-order chi connectivity index (χ1) is 15.2. The highest BCUT2D eigenvalue weighted by Crippen LogP contribution is 2.31. The third kappa shape index (κ3) is 4.77. The maximum atomic E-state index is 12.0. The SMILES string of the molecule is C=C1CC(Nc2nccc(-c3c[nH]c4c(CCC(=O)N(C)C)cccc34)n2)CC(C)(C)N1. The predicted molar refractivity (Wildman–Crippen MR) is 129 cm³/mol. The molecule has 1 aliphatic rings. The molecule has 1 fully saturated rings. The number of carbonyl (C=O) groups excluding carboxylic acids is 1. The molecule has 0 aliphatic carbocycles. The van der Waals surface area contributed by atoms with Gasteiger partial charge in [-0.25, -0.2) is 9.97 Å². The van der Waals surface area contributed by atoms with Gasteiger partial charge >= 0.3 is 0 Å². The second-order valence-electron chi connectivity index (χ2n) is 9.46. The molecule has 1 saturated heterocycles. The maximum absolute atomic E-state index is 12.0. The molecule has 3 N–H and O–H groups in total. The van der Waals surface area contributed by atoms with E-state index in [2.05, 4.69) is 53.2 Å². The summed E-state index contributed by atoms with van der Waals surface area (Å²) in [5, 5.41) is 8.05. The Labute approximate surface area is 189 Å². The van der Waals surface area contributed by atoms with E-state index in [1.807, 2.05) is 18.3 Å². The largest absolute Gasteiger partial charge is 0.384 e. The van der Waals surface area contributed by atoms with Crippen LogP contribution in [0.1, 0.15) is 38.7 Å². The van der Waals surface area contributed by atoms with E-state index >= 15 is 0 Å². The lowest BCUT2D eigenvalue weighted by molar-refractivity contribution is -0.128. The summed E-state index contributed by atoms with van der Waals surface area (Å²) in [6.45, 7) is 8.48. The maximum Gasteiger partial charge on any atom is 0.223 e. The van der Waals surface area contributed by atoms with Crippen molar-refractivity contribution >= 4 is 22.8 Å². The summed E-state index contributed by atoms with van der Waals surface area (Å²) in [5.74, 6) is 0.754. The van der Waals surface area contributed by atoms with Crippen LogP contribution in [0.4, 0.5) is 5.95 Å². The Morgan fingerprint density at radius 3 is 2.88 bits per heavy atom. The van der Waals surface area contributed by atoms with Gasteiger partial charge in [0.1, 0.15) is 0 Å². The molecule has 3 aromatic rings. The molecule has 1 amide bonds. The number of piperidine rings is 1. The van der Waals surface area contributed by atoms with Gasteiger partial charge in [-0.05, 0) is 38.3 Å². The normalized spacial score (nSPS) is 17.8. The van der Waals surface area contributed by atoms with Gasteiger partial charge in [-0.3, -0.25) is 4.79 Å². The lowest BCUT2D eigenvalue weighted by Crippen LogP contribution is -2.48. The molecule has 0 bridgehead atoms. The first-order valence-corrected chi connectivity index (χ1v) is 11.1. The first kappa shape index (κ1) is 21.9. The number of hydrogen-bond donors (Lipinski definition) is 3. The second-order valence-corrected chi connectivity index (χ2v) is 9.46. The van der Waals surface area contributed by atoms with E-state index in [0.717, 1.165) is 46.3 Å². The van der Waals surface area contributed by atoms with Crippen LogP contribution in [-0.2, 0) is 11.2 Å². The Balaban J connectivity index is 1.57. The van der Waals surface area contributed by atoms with Gasteiger partial charge in [0.2, 0.25) is 11.9 Å². The zero-order chi connectivity index (χ0) is 22.9. The van der Waals surface area contributed by atoms with Gasteiger partial charge < -0.3 is 20.5 Å². The molecule has 1 aliphatic heterocycles. The van der Waals surface area contributed by atoms with Crippen LogP contribution in [-0.4, -0.2) is 51.4 Å². The van der Waals surface area contributed by atoms with Crippen LogP contribution in [0.5, 0.6) is 0 Å². The molecule has 7 nitrogen and oxygen atoms in total. The fourth-order valence-electron chi connectivity index (χ4n) is 4.53. The number of fused-ring (bicyclic) bond motifs is 1. The molecule has 168 valence electrons. The molecule has 1 unspecified atom stereocenters. The van der Waals surface area contributed by atoms with Crippen LogP contribution >= 0.6 is 0 Å². The second kappa shape index (κ2) is 8.65. The Bertz CT molecular complexity index is 1150. The molecular formula is C25H32N6O. The lowest BCUT2D eigenvalue weighted by atomic mass is 9.88. The number of amides is 1. The Morgan fingerprint density at radius 2 is 2.12 bits per heavy atom. The van der Waals surface area contributed by atoms with Crippen LogP contribution in [0.25, 0.3) is 22.2 Å². The van der Waals surface area contributed by atoms with E-state index in [1.54, 1.807) is 25.2 Å². The standard InChI is InChI=1S/C25H32N6O/c1-16-13-18(14-25(2,3)30-16)28-24-26-12-11-21(29-24)20-15-27-23-17(7-6-8-19(20)23)9-10-22(32)31(4)5/h6-8,11-12,15,18,27,30H,1,9-10,13-14H2,2-5H3,(H,26,28,29). The average Bonchev–Trinajstić information content (AvgIpc) is 3.15. The Kier molecular flexibility index (Phi) is 5.91. The number of aryl methyl sites for hydroxylation is 1. The third-order valence-electron chi connectivity index (χ3n) is 5.94. The quantitative estimate of drug-likeness (QED) is 0.546. The number of benzene rings is 1. The first-order valence-electron chi connectivity index (χ1n) is 11.1. The van der Waals surface area contributed by atoms with Crippen molar-refractivity contribution in [3.8, 4) is 11.3 Å². The van der Waals surface area contributed by atoms with Crippen LogP contribution in [0.3, 0.4) is 0 Å². The molecule has 3 heterocycles. The number of hydrogen-bond acceptors (Lipinski definition) is 5. The van der Waals surface area contributed by atoms with Crippen LogP contribution in [0, 0.1) is 0 Å². The molecule has 0 spiro atoms. The van der Waals surface area contributed by atoms with Crippen molar-refractivity contribution in [1.82, 2.24) is 25.2 Å². The fourth-order valence-corrected chi connectivity index (χ4v) is 4.53. The van der Waals surface area contributed by atoms with Gasteiger partial charge in [0.15, 0.2) is 0 Å². The molecular weight excluding hydrogens is 400 g/mol. The van der Waals surface area contributed by atoms with Gasteiger partial charge in [-0.2, -0.15) is 0 Å². The number of para-hydroxylation sites is 1. The lowest BCUT2D eigenvalue weighted by Gasteiger charge is -2.38. The molecule has 7 heteroatoms. The predicted octanol–water partition coefficient (Wildman–Crippen LogP) is 4.10. The Morgan fingerprint density at radius 1 is 1.31 bits per heavy atom. The number of nitrogens with zero attached hydrogens (tertiary/aromatic N) is 3. The molecule has 1 aromatic carbocycles. The van der Waals surface area contributed by atoms with Gasteiger partial charge in [-0.1, -0.05) is 24.8 Å². The van der Waals surface area contributed by atoms with Crippen molar-refractivity contribution in [1.29, 1.82) is 0 Å². The molecule has 0 radical (unpaired) electrons. The molecule has 0 saturated carbocycles. The van der Waals surface area contributed by atoms with Crippen molar-refractivity contribution in [2.75, 3.05) is 19.4 Å². The minimum atomic E-state index is -0.00812. The molecule has 1 atom stereocenters. The van der Waals surface area contributed by atoms with E-state index in [-0.39, 0.29) is 17.5 Å². The molecule has 4 rings (SSSR count). The molecule has 32 heavy (non-hydrogen) atoms. The smallest absolute Gasteiger partial charge is 0.223 e. The topological polar surface area (TPSA) is 85.9 Å². The average molecular weight is 433 g/mol. The summed E-state index contributed by atoms with van der Waals surface area (Å²) in [6, 6.07) is 8.37. The Hall–Kier alpha value is -3.35.